The van der Waals surface area contributed by atoms with Gasteiger partial charge in [0.25, 0.3) is 0 Å². The number of piperidine rings is 1. The van der Waals surface area contributed by atoms with E-state index in [0.29, 0.717) is 0 Å². The van der Waals surface area contributed by atoms with Crippen LogP contribution in [0.2, 0.25) is 0 Å². The van der Waals surface area contributed by atoms with Crippen molar-refractivity contribution >= 4 is 17.3 Å². The second-order valence-corrected chi connectivity index (χ2v) is 8.81. The highest BCUT2D eigenvalue weighted by atomic mass is 32.1. The summed E-state index contributed by atoms with van der Waals surface area (Å²) in [6.07, 6.45) is 8.13. The number of hydrogen-bond donors (Lipinski definition) is 1. The molecule has 2 aliphatic rings. The van der Waals surface area contributed by atoms with Gasteiger partial charge in [0, 0.05) is 51.2 Å². The fourth-order valence-electron chi connectivity index (χ4n) is 4.09. The van der Waals surface area contributed by atoms with Crippen molar-refractivity contribution < 1.29 is 0 Å². The minimum atomic E-state index is 1.04. The van der Waals surface area contributed by atoms with Crippen molar-refractivity contribution in [1.29, 1.82) is 0 Å². The number of nitrogens with one attached hydrogen (secondary N) is 1. The average Bonchev–Trinajstić information content (AvgIpc) is 3.22. The highest BCUT2D eigenvalue weighted by molar-refractivity contribution is 7.09. The number of aliphatic imine (C=N–C) groups is 1. The van der Waals surface area contributed by atoms with Gasteiger partial charge in [0.15, 0.2) is 5.96 Å². The molecule has 3 heterocycles. The van der Waals surface area contributed by atoms with Crippen molar-refractivity contribution in [2.75, 3.05) is 59.4 Å². The number of rotatable bonds is 8. The summed E-state index contributed by atoms with van der Waals surface area (Å²) < 4.78 is 0. The van der Waals surface area contributed by atoms with Crippen LogP contribution in [-0.2, 0) is 6.54 Å². The van der Waals surface area contributed by atoms with Gasteiger partial charge in [0.1, 0.15) is 0 Å². The predicted octanol–water partition coefficient (Wildman–Crippen LogP) is 3.10. The summed E-state index contributed by atoms with van der Waals surface area (Å²) in [7, 11) is 1.91. The minimum absolute atomic E-state index is 1.04. The zero-order valence-electron chi connectivity index (χ0n) is 17.0. The van der Waals surface area contributed by atoms with Crippen molar-refractivity contribution in [2.45, 2.75) is 45.1 Å². The Labute approximate surface area is 169 Å². The number of likely N-dealkylation sites (tertiary alicyclic amines) is 1. The third kappa shape index (κ3) is 7.09. The monoisotopic (exact) mass is 391 g/mol. The van der Waals surface area contributed by atoms with Crippen molar-refractivity contribution in [3.05, 3.63) is 22.4 Å². The largest absolute Gasteiger partial charge is 0.356 e. The van der Waals surface area contributed by atoms with E-state index in [2.05, 4.69) is 42.5 Å². The first-order chi connectivity index (χ1) is 13.3. The second-order valence-electron chi connectivity index (χ2n) is 7.78. The molecular formula is C21H37N5S. The topological polar surface area (TPSA) is 34.1 Å². The predicted molar refractivity (Wildman–Crippen MR) is 117 cm³/mol. The number of hydrogen-bond acceptors (Lipinski definition) is 4. The van der Waals surface area contributed by atoms with Gasteiger partial charge in [-0.05, 0) is 56.8 Å². The van der Waals surface area contributed by atoms with Gasteiger partial charge in [-0.3, -0.25) is 9.89 Å². The molecule has 0 aliphatic carbocycles. The maximum absolute atomic E-state index is 4.51. The number of unbranched alkanes of at least 4 members (excludes halogenated alkanes) is 2. The van der Waals surface area contributed by atoms with E-state index in [-0.39, 0.29) is 0 Å². The van der Waals surface area contributed by atoms with Crippen molar-refractivity contribution in [2.24, 2.45) is 4.99 Å². The first kappa shape index (κ1) is 20.6. The van der Waals surface area contributed by atoms with E-state index < -0.39 is 0 Å². The van der Waals surface area contributed by atoms with E-state index in [1.54, 1.807) is 0 Å². The maximum atomic E-state index is 4.51. The molecule has 0 bridgehead atoms. The first-order valence-electron chi connectivity index (χ1n) is 10.8. The number of nitrogens with zero attached hydrogens (tertiary/aromatic N) is 4. The Hall–Kier alpha value is -1.11. The molecule has 0 aromatic carbocycles. The lowest BCUT2D eigenvalue weighted by atomic mass is 10.1. The Morgan fingerprint density at radius 3 is 2.52 bits per heavy atom. The van der Waals surface area contributed by atoms with Gasteiger partial charge in [0.05, 0.1) is 0 Å². The van der Waals surface area contributed by atoms with Gasteiger partial charge < -0.3 is 15.1 Å². The Morgan fingerprint density at radius 2 is 1.81 bits per heavy atom. The van der Waals surface area contributed by atoms with Gasteiger partial charge in [-0.15, -0.1) is 11.3 Å². The summed E-state index contributed by atoms with van der Waals surface area (Å²) in [5.41, 5.74) is 0. The summed E-state index contributed by atoms with van der Waals surface area (Å²) in [6, 6.07) is 4.39. The molecule has 2 aliphatic heterocycles. The van der Waals surface area contributed by atoms with Crippen molar-refractivity contribution in [3.63, 3.8) is 0 Å². The third-order valence-electron chi connectivity index (χ3n) is 5.73. The van der Waals surface area contributed by atoms with Gasteiger partial charge in [0.2, 0.25) is 0 Å². The van der Waals surface area contributed by atoms with Crippen LogP contribution >= 0.6 is 11.3 Å². The molecular weight excluding hydrogens is 354 g/mol. The van der Waals surface area contributed by atoms with E-state index in [0.717, 1.165) is 45.2 Å². The molecule has 3 rings (SSSR count). The number of guanidine groups is 1. The van der Waals surface area contributed by atoms with Crippen LogP contribution in [0.4, 0.5) is 0 Å². The zero-order valence-corrected chi connectivity index (χ0v) is 17.9. The Balaban J connectivity index is 1.26. The summed E-state index contributed by atoms with van der Waals surface area (Å²) in [4.78, 5) is 13.6. The van der Waals surface area contributed by atoms with Crippen LogP contribution in [0.1, 0.15) is 43.4 Å². The van der Waals surface area contributed by atoms with E-state index in [9.17, 15) is 0 Å². The molecule has 0 saturated carbocycles. The summed E-state index contributed by atoms with van der Waals surface area (Å²) in [5.74, 6) is 1.09. The molecule has 2 saturated heterocycles. The fourth-order valence-corrected chi connectivity index (χ4v) is 4.84. The number of piperazine rings is 1. The standard InChI is InChI=1S/C21H37N5S/c1-22-21(23-10-4-2-5-11-24-12-6-3-7-13-24)26-16-14-25(15-17-26)19-20-9-8-18-27-20/h8-9,18H,2-7,10-17,19H2,1H3,(H,22,23). The molecule has 0 spiro atoms. The van der Waals surface area contributed by atoms with Crippen LogP contribution in [0.15, 0.2) is 22.5 Å². The van der Waals surface area contributed by atoms with Gasteiger partial charge in [-0.1, -0.05) is 18.9 Å². The quantitative estimate of drug-likeness (QED) is 0.419. The lowest BCUT2D eigenvalue weighted by Crippen LogP contribution is -2.52. The molecule has 0 unspecified atom stereocenters. The normalized spacial score (nSPS) is 20.2. The van der Waals surface area contributed by atoms with Crippen LogP contribution < -0.4 is 5.32 Å². The van der Waals surface area contributed by atoms with Crippen LogP contribution in [0.5, 0.6) is 0 Å². The first-order valence-corrected chi connectivity index (χ1v) is 11.7. The fraction of sp³-hybridized carbons (Fsp3) is 0.762. The van der Waals surface area contributed by atoms with Gasteiger partial charge in [-0.2, -0.15) is 0 Å². The molecule has 0 amide bonds. The molecule has 1 N–H and O–H groups in total. The number of thiophene rings is 1. The van der Waals surface area contributed by atoms with Crippen LogP contribution in [0, 0.1) is 0 Å². The Kier molecular flexibility index (Phi) is 8.91. The van der Waals surface area contributed by atoms with Crippen molar-refractivity contribution in [3.8, 4) is 0 Å². The van der Waals surface area contributed by atoms with Crippen LogP contribution in [0.3, 0.4) is 0 Å². The lowest BCUT2D eigenvalue weighted by molar-refractivity contribution is 0.173. The minimum Gasteiger partial charge on any atom is -0.356 e. The average molecular weight is 392 g/mol. The summed E-state index contributed by atoms with van der Waals surface area (Å²) in [6.45, 7) is 10.5. The molecule has 6 heteroatoms. The molecule has 1 aromatic heterocycles. The second kappa shape index (κ2) is 11.7. The zero-order chi connectivity index (χ0) is 18.7. The highest BCUT2D eigenvalue weighted by Gasteiger charge is 2.19. The molecule has 0 atom stereocenters. The molecule has 5 nitrogen and oxygen atoms in total. The van der Waals surface area contributed by atoms with E-state index in [4.69, 9.17) is 0 Å². The van der Waals surface area contributed by atoms with E-state index >= 15 is 0 Å². The van der Waals surface area contributed by atoms with E-state index in [1.807, 2.05) is 18.4 Å². The molecule has 2 fully saturated rings. The summed E-state index contributed by atoms with van der Waals surface area (Å²) in [5, 5.41) is 5.75. The van der Waals surface area contributed by atoms with Gasteiger partial charge >= 0.3 is 0 Å². The summed E-state index contributed by atoms with van der Waals surface area (Å²) >= 11 is 1.86. The maximum Gasteiger partial charge on any atom is 0.193 e. The lowest BCUT2D eigenvalue weighted by Gasteiger charge is -2.36. The third-order valence-corrected chi connectivity index (χ3v) is 6.59. The van der Waals surface area contributed by atoms with Crippen molar-refractivity contribution in [1.82, 2.24) is 20.0 Å². The highest BCUT2D eigenvalue weighted by Crippen LogP contribution is 2.14. The van der Waals surface area contributed by atoms with E-state index in [1.165, 1.54) is 63.0 Å². The smallest absolute Gasteiger partial charge is 0.193 e. The molecule has 152 valence electrons. The van der Waals surface area contributed by atoms with Crippen LogP contribution in [0.25, 0.3) is 0 Å². The molecule has 1 aromatic rings. The van der Waals surface area contributed by atoms with Crippen LogP contribution in [-0.4, -0.2) is 80.1 Å². The Bertz CT molecular complexity index is 531. The van der Waals surface area contributed by atoms with Gasteiger partial charge in [-0.25, -0.2) is 0 Å². The Morgan fingerprint density at radius 1 is 1.00 bits per heavy atom. The molecule has 0 radical (unpaired) electrons. The SMILES string of the molecule is CN=C(NCCCCCN1CCCCC1)N1CCN(Cc2cccs2)CC1. The molecule has 27 heavy (non-hydrogen) atoms.